The van der Waals surface area contributed by atoms with Crippen molar-refractivity contribution in [1.29, 1.82) is 0 Å². The Bertz CT molecular complexity index is 229. The summed E-state index contributed by atoms with van der Waals surface area (Å²) in [6.07, 6.45) is 0. The third kappa shape index (κ3) is 3.88. The van der Waals surface area contributed by atoms with Crippen LogP contribution in [0.4, 0.5) is 0 Å². The van der Waals surface area contributed by atoms with Gasteiger partial charge in [0.15, 0.2) is 0 Å². The van der Waals surface area contributed by atoms with Gasteiger partial charge in [-0.05, 0) is 0 Å². The van der Waals surface area contributed by atoms with E-state index in [4.69, 9.17) is 0 Å². The average molecular weight is 529 g/mol. The SMILES string of the molecule is [Br][Hg][CH2]c1cc(Br)cc(Br)c1. The fourth-order valence-corrected chi connectivity index (χ4v) is 8.24. The van der Waals surface area contributed by atoms with E-state index in [0.29, 0.717) is 0 Å². The third-order valence-corrected chi connectivity index (χ3v) is 8.68. The molecule has 0 saturated carbocycles. The molecule has 0 fully saturated rings. The van der Waals surface area contributed by atoms with Gasteiger partial charge in [-0.3, -0.25) is 0 Å². The van der Waals surface area contributed by atoms with Gasteiger partial charge in [-0.25, -0.2) is 0 Å². The Hall–Kier alpha value is 1.60. The number of hydrogen-bond donors (Lipinski definition) is 0. The first-order chi connectivity index (χ1) is 5.22. The van der Waals surface area contributed by atoms with Crippen LogP contribution in [0, 0.1) is 0 Å². The molecule has 0 spiro atoms. The Labute approximate surface area is 101 Å². The van der Waals surface area contributed by atoms with Crippen molar-refractivity contribution in [3.8, 4) is 0 Å². The molecule has 1 aromatic carbocycles. The molecule has 1 aromatic rings. The summed E-state index contributed by atoms with van der Waals surface area (Å²) in [4.78, 5) is 0. The van der Waals surface area contributed by atoms with Crippen LogP contribution in [-0.4, -0.2) is 0 Å². The van der Waals surface area contributed by atoms with Crippen LogP contribution in [0.5, 0.6) is 0 Å². The van der Waals surface area contributed by atoms with Crippen LogP contribution in [0.2, 0.25) is 0 Å². The maximum atomic E-state index is 3.63. The van der Waals surface area contributed by atoms with Crippen LogP contribution >= 0.6 is 43.8 Å². The minimum atomic E-state index is -0.679. The van der Waals surface area contributed by atoms with Crippen LogP contribution < -0.4 is 0 Å². The van der Waals surface area contributed by atoms with E-state index in [9.17, 15) is 0 Å². The molecular formula is C7H5Br3Hg. The number of benzene rings is 1. The molecule has 11 heavy (non-hydrogen) atoms. The van der Waals surface area contributed by atoms with Crippen LogP contribution in [0.25, 0.3) is 0 Å². The Morgan fingerprint density at radius 1 is 1.09 bits per heavy atom. The molecule has 56 valence electrons. The monoisotopic (exact) mass is 528 g/mol. The standard InChI is InChI=1S/C7H5Br2.BrH.Hg/c1-5-2-6(8)4-7(9)3-5;;/h2-4H,1H2;1H;/q;;+1/p-1. The average Bonchev–Trinajstić information content (AvgIpc) is 1.85. The third-order valence-electron chi connectivity index (χ3n) is 1.31. The molecule has 0 aliphatic rings. The van der Waals surface area contributed by atoms with E-state index >= 15 is 0 Å². The zero-order valence-electron chi connectivity index (χ0n) is 5.78. The van der Waals surface area contributed by atoms with E-state index in [-0.39, 0.29) is 0 Å². The second-order valence-corrected chi connectivity index (χ2v) is 14.4. The first-order valence-electron chi connectivity index (χ1n) is 3.23. The van der Waals surface area contributed by atoms with Crippen molar-refractivity contribution in [3.05, 3.63) is 32.7 Å². The van der Waals surface area contributed by atoms with E-state index in [2.05, 4.69) is 62.0 Å². The molecule has 0 radical (unpaired) electrons. The Kier molecular flexibility index (Phi) is 5.19. The van der Waals surface area contributed by atoms with Crippen LogP contribution in [0.15, 0.2) is 27.1 Å². The number of hydrogen-bond acceptors (Lipinski definition) is 0. The Morgan fingerprint density at radius 2 is 1.64 bits per heavy atom. The summed E-state index contributed by atoms with van der Waals surface area (Å²) in [5.41, 5.74) is 1.43. The van der Waals surface area contributed by atoms with E-state index < -0.39 is 22.1 Å². The molecule has 1 rings (SSSR count). The summed E-state index contributed by atoms with van der Waals surface area (Å²) in [5, 5.41) is 0. The van der Waals surface area contributed by atoms with Crippen molar-refractivity contribution >= 4 is 43.8 Å². The molecule has 4 heteroatoms. The first-order valence-corrected chi connectivity index (χ1v) is 20.6. The van der Waals surface area contributed by atoms with Gasteiger partial charge in [-0.1, -0.05) is 0 Å². The zero-order valence-corrected chi connectivity index (χ0v) is 16.0. The van der Waals surface area contributed by atoms with Crippen molar-refractivity contribution < 1.29 is 22.1 Å². The van der Waals surface area contributed by atoms with Gasteiger partial charge in [0.25, 0.3) is 0 Å². The molecule has 0 amide bonds. The van der Waals surface area contributed by atoms with E-state index in [0.717, 1.165) is 8.95 Å². The van der Waals surface area contributed by atoms with Crippen LogP contribution in [0.3, 0.4) is 0 Å². The molecule has 0 aliphatic heterocycles. The van der Waals surface area contributed by atoms with Gasteiger partial charge >= 0.3 is 103 Å². The minimum absolute atomic E-state index is 0.679. The van der Waals surface area contributed by atoms with Crippen molar-refractivity contribution in [2.45, 2.75) is 3.93 Å². The van der Waals surface area contributed by atoms with Gasteiger partial charge in [0.1, 0.15) is 0 Å². The molecule has 0 aliphatic carbocycles. The van der Waals surface area contributed by atoms with E-state index in [1.807, 2.05) is 0 Å². The number of halogens is 3. The maximum absolute atomic E-state index is 3.63. The van der Waals surface area contributed by atoms with Crippen molar-refractivity contribution in [3.63, 3.8) is 0 Å². The molecule has 0 N–H and O–H groups in total. The topological polar surface area (TPSA) is 0 Å². The summed E-state index contributed by atoms with van der Waals surface area (Å²) in [6, 6.07) is 6.44. The molecular weight excluding hydrogens is 524 g/mol. The Balaban J connectivity index is 2.89. The molecule has 0 aromatic heterocycles. The van der Waals surface area contributed by atoms with Gasteiger partial charge in [0.05, 0.1) is 0 Å². The molecule has 0 bridgehead atoms. The molecule has 0 heterocycles. The quantitative estimate of drug-likeness (QED) is 0.507. The van der Waals surface area contributed by atoms with Crippen LogP contribution in [0.1, 0.15) is 5.56 Å². The predicted molar refractivity (Wildman–Crippen MR) is 54.5 cm³/mol. The molecule has 0 atom stereocenters. The second kappa shape index (κ2) is 5.35. The van der Waals surface area contributed by atoms with Gasteiger partial charge in [-0.2, -0.15) is 0 Å². The molecule has 0 saturated heterocycles. The van der Waals surface area contributed by atoms with Crippen molar-refractivity contribution in [2.75, 3.05) is 0 Å². The summed E-state index contributed by atoms with van der Waals surface area (Å²) < 4.78 is 3.62. The van der Waals surface area contributed by atoms with Crippen molar-refractivity contribution in [1.82, 2.24) is 0 Å². The van der Waals surface area contributed by atoms with E-state index in [1.54, 1.807) is 0 Å². The zero-order chi connectivity index (χ0) is 8.27. The summed E-state index contributed by atoms with van der Waals surface area (Å²) in [7, 11) is 0. The van der Waals surface area contributed by atoms with Gasteiger partial charge < -0.3 is 0 Å². The first kappa shape index (κ1) is 10.7. The molecule has 0 nitrogen and oxygen atoms in total. The van der Waals surface area contributed by atoms with Gasteiger partial charge in [0.2, 0.25) is 0 Å². The fraction of sp³-hybridized carbons (Fsp3) is 0.143. The number of rotatable bonds is 2. The van der Waals surface area contributed by atoms with Crippen molar-refractivity contribution in [2.24, 2.45) is 0 Å². The predicted octanol–water partition coefficient (Wildman–Crippen LogP) is 4.10. The normalized spacial score (nSPS) is 9.36. The fourth-order valence-electron chi connectivity index (χ4n) is 0.864. The summed E-state index contributed by atoms with van der Waals surface area (Å²) >= 11 is 9.87. The second-order valence-electron chi connectivity index (χ2n) is 2.22. The molecule has 0 unspecified atom stereocenters. The van der Waals surface area contributed by atoms with E-state index in [1.165, 1.54) is 9.49 Å². The summed E-state index contributed by atoms with van der Waals surface area (Å²) in [6.45, 7) is 0. The Morgan fingerprint density at radius 3 is 2.09 bits per heavy atom. The van der Waals surface area contributed by atoms with Gasteiger partial charge in [-0.15, -0.1) is 0 Å². The van der Waals surface area contributed by atoms with Gasteiger partial charge in [0, 0.05) is 0 Å². The summed E-state index contributed by atoms with van der Waals surface area (Å²) in [5.74, 6) is 0. The van der Waals surface area contributed by atoms with Crippen LogP contribution in [-0.2, 0) is 26.1 Å².